The molecule has 3 aromatic rings. The lowest BCUT2D eigenvalue weighted by atomic mass is 10.1. The van der Waals surface area contributed by atoms with Crippen LogP contribution in [0, 0.1) is 0 Å². The Balaban J connectivity index is 1.75. The first-order valence-corrected chi connectivity index (χ1v) is 6.90. The van der Waals surface area contributed by atoms with Crippen molar-refractivity contribution >= 4 is 17.2 Å². The van der Waals surface area contributed by atoms with Gasteiger partial charge in [0.25, 0.3) is 0 Å². The number of aromatic nitrogens is 3. The molecule has 1 atom stereocenters. The van der Waals surface area contributed by atoms with E-state index in [9.17, 15) is 0 Å². The highest BCUT2D eigenvalue weighted by Crippen LogP contribution is 2.22. The van der Waals surface area contributed by atoms with Crippen molar-refractivity contribution in [1.82, 2.24) is 19.9 Å². The van der Waals surface area contributed by atoms with Gasteiger partial charge in [-0.3, -0.25) is 4.40 Å². The Bertz CT molecular complexity index is 722. The van der Waals surface area contributed by atoms with E-state index in [-0.39, 0.29) is 6.04 Å². The highest BCUT2D eigenvalue weighted by molar-refractivity contribution is 6.31. The Labute approximate surface area is 122 Å². The molecule has 0 saturated carbocycles. The topological polar surface area (TPSA) is 42.2 Å². The molecule has 4 nitrogen and oxygen atoms in total. The first-order valence-electron chi connectivity index (χ1n) is 6.52. The summed E-state index contributed by atoms with van der Waals surface area (Å²) in [6, 6.07) is 13.9. The number of rotatable bonds is 4. The van der Waals surface area contributed by atoms with Crippen molar-refractivity contribution in [3.8, 4) is 0 Å². The van der Waals surface area contributed by atoms with Gasteiger partial charge in [-0.15, -0.1) is 10.2 Å². The zero-order valence-electron chi connectivity index (χ0n) is 11.1. The molecule has 0 radical (unpaired) electrons. The summed E-state index contributed by atoms with van der Waals surface area (Å²) in [5.74, 6) is 0.888. The molecule has 2 heterocycles. The molecular weight excluding hydrogens is 272 g/mol. The molecule has 0 saturated heterocycles. The van der Waals surface area contributed by atoms with Crippen molar-refractivity contribution in [1.29, 1.82) is 0 Å². The van der Waals surface area contributed by atoms with Gasteiger partial charge in [-0.1, -0.05) is 35.9 Å². The molecule has 5 heteroatoms. The van der Waals surface area contributed by atoms with Crippen LogP contribution < -0.4 is 5.32 Å². The second-order valence-electron chi connectivity index (χ2n) is 4.67. The van der Waals surface area contributed by atoms with Gasteiger partial charge in [0.1, 0.15) is 0 Å². The van der Waals surface area contributed by atoms with Crippen molar-refractivity contribution in [2.45, 2.75) is 19.5 Å². The van der Waals surface area contributed by atoms with Crippen LogP contribution in [0.1, 0.15) is 24.4 Å². The Morgan fingerprint density at radius 3 is 2.80 bits per heavy atom. The van der Waals surface area contributed by atoms with Crippen molar-refractivity contribution < 1.29 is 0 Å². The minimum Gasteiger partial charge on any atom is -0.303 e. The Morgan fingerprint density at radius 1 is 1.15 bits per heavy atom. The predicted octanol–water partition coefficient (Wildman–Crippen LogP) is 3.23. The standard InChI is InChI=1S/C15H15ClN4/c1-11(12-6-2-3-7-13(12)16)17-10-15-19-18-14-8-4-5-9-20(14)15/h2-9,11,17H,10H2,1H3. The molecule has 3 rings (SSSR count). The third kappa shape index (κ3) is 2.53. The summed E-state index contributed by atoms with van der Waals surface area (Å²) < 4.78 is 1.98. The number of benzene rings is 1. The van der Waals surface area contributed by atoms with Gasteiger partial charge >= 0.3 is 0 Å². The van der Waals surface area contributed by atoms with E-state index in [1.807, 2.05) is 53.1 Å². The molecule has 1 aromatic carbocycles. The zero-order chi connectivity index (χ0) is 13.9. The number of fused-ring (bicyclic) bond motifs is 1. The van der Waals surface area contributed by atoms with E-state index in [1.165, 1.54) is 0 Å². The summed E-state index contributed by atoms with van der Waals surface area (Å²) in [7, 11) is 0. The SMILES string of the molecule is CC(NCc1nnc2ccccn12)c1ccccc1Cl. The van der Waals surface area contributed by atoms with Gasteiger partial charge in [0.05, 0.1) is 6.54 Å². The molecule has 0 aliphatic heterocycles. The van der Waals surface area contributed by atoms with Gasteiger partial charge in [0.15, 0.2) is 11.5 Å². The Hall–Kier alpha value is -1.91. The average molecular weight is 287 g/mol. The number of nitrogens with zero attached hydrogens (tertiary/aromatic N) is 3. The Morgan fingerprint density at radius 2 is 1.95 bits per heavy atom. The molecule has 1 N–H and O–H groups in total. The number of nitrogens with one attached hydrogen (secondary N) is 1. The highest BCUT2D eigenvalue weighted by atomic mass is 35.5. The highest BCUT2D eigenvalue weighted by Gasteiger charge is 2.10. The van der Waals surface area contributed by atoms with Crippen molar-refractivity contribution in [3.63, 3.8) is 0 Å². The number of pyridine rings is 1. The largest absolute Gasteiger partial charge is 0.303 e. The summed E-state index contributed by atoms with van der Waals surface area (Å²) in [4.78, 5) is 0. The minimum absolute atomic E-state index is 0.153. The van der Waals surface area contributed by atoms with E-state index in [0.717, 1.165) is 22.1 Å². The molecule has 2 aromatic heterocycles. The van der Waals surface area contributed by atoms with Gasteiger partial charge < -0.3 is 5.32 Å². The lowest BCUT2D eigenvalue weighted by molar-refractivity contribution is 0.556. The van der Waals surface area contributed by atoms with Crippen LogP contribution >= 0.6 is 11.6 Å². The number of halogens is 1. The molecule has 0 aliphatic rings. The third-order valence-corrected chi connectivity index (χ3v) is 3.67. The van der Waals surface area contributed by atoms with Crippen LogP contribution in [-0.2, 0) is 6.54 Å². The van der Waals surface area contributed by atoms with E-state index in [4.69, 9.17) is 11.6 Å². The van der Waals surface area contributed by atoms with Crippen LogP contribution in [0.4, 0.5) is 0 Å². The summed E-state index contributed by atoms with van der Waals surface area (Å²) in [5.41, 5.74) is 1.94. The fourth-order valence-electron chi connectivity index (χ4n) is 2.19. The normalized spacial score (nSPS) is 12.7. The van der Waals surface area contributed by atoms with Gasteiger partial charge in [-0.25, -0.2) is 0 Å². The maximum absolute atomic E-state index is 6.20. The monoisotopic (exact) mass is 286 g/mol. The van der Waals surface area contributed by atoms with Crippen molar-refractivity contribution in [3.05, 3.63) is 65.1 Å². The molecular formula is C15H15ClN4. The quantitative estimate of drug-likeness (QED) is 0.801. The molecule has 102 valence electrons. The maximum Gasteiger partial charge on any atom is 0.160 e. The van der Waals surface area contributed by atoms with Crippen molar-refractivity contribution in [2.24, 2.45) is 0 Å². The van der Waals surface area contributed by atoms with Crippen LogP contribution in [-0.4, -0.2) is 14.6 Å². The minimum atomic E-state index is 0.153. The third-order valence-electron chi connectivity index (χ3n) is 3.32. The fraction of sp³-hybridized carbons (Fsp3) is 0.200. The van der Waals surface area contributed by atoms with E-state index < -0.39 is 0 Å². The van der Waals surface area contributed by atoms with Crippen LogP contribution in [0.5, 0.6) is 0 Å². The van der Waals surface area contributed by atoms with Crippen LogP contribution in [0.3, 0.4) is 0 Å². The lowest BCUT2D eigenvalue weighted by Crippen LogP contribution is -2.19. The molecule has 0 fully saturated rings. The van der Waals surface area contributed by atoms with Gasteiger partial charge in [0, 0.05) is 17.3 Å². The van der Waals surface area contributed by atoms with E-state index >= 15 is 0 Å². The lowest BCUT2D eigenvalue weighted by Gasteiger charge is -2.14. The number of hydrogen-bond acceptors (Lipinski definition) is 3. The summed E-state index contributed by atoms with van der Waals surface area (Å²) in [6.45, 7) is 2.72. The molecule has 0 spiro atoms. The second-order valence-corrected chi connectivity index (χ2v) is 5.08. The predicted molar refractivity (Wildman–Crippen MR) is 79.7 cm³/mol. The first-order chi connectivity index (χ1) is 9.75. The fourth-order valence-corrected chi connectivity index (χ4v) is 2.49. The molecule has 20 heavy (non-hydrogen) atoms. The van der Waals surface area contributed by atoms with E-state index in [0.29, 0.717) is 6.54 Å². The second kappa shape index (κ2) is 5.61. The maximum atomic E-state index is 6.20. The van der Waals surface area contributed by atoms with Gasteiger partial charge in [0.2, 0.25) is 0 Å². The molecule has 0 bridgehead atoms. The van der Waals surface area contributed by atoms with Gasteiger partial charge in [-0.05, 0) is 30.7 Å². The molecule has 1 unspecified atom stereocenters. The van der Waals surface area contributed by atoms with Gasteiger partial charge in [-0.2, -0.15) is 0 Å². The zero-order valence-corrected chi connectivity index (χ0v) is 11.9. The van der Waals surface area contributed by atoms with E-state index in [2.05, 4.69) is 22.4 Å². The molecule has 0 aliphatic carbocycles. The number of hydrogen-bond donors (Lipinski definition) is 1. The van der Waals surface area contributed by atoms with Crippen molar-refractivity contribution in [2.75, 3.05) is 0 Å². The van der Waals surface area contributed by atoms with Crippen LogP contribution in [0.25, 0.3) is 5.65 Å². The van der Waals surface area contributed by atoms with Crippen LogP contribution in [0.2, 0.25) is 5.02 Å². The average Bonchev–Trinajstić information content (AvgIpc) is 2.88. The summed E-state index contributed by atoms with van der Waals surface area (Å²) >= 11 is 6.20. The first kappa shape index (κ1) is 13.1. The van der Waals surface area contributed by atoms with E-state index in [1.54, 1.807) is 0 Å². The Kier molecular flexibility index (Phi) is 3.67. The summed E-state index contributed by atoms with van der Waals surface area (Å²) in [5, 5.41) is 12.5. The summed E-state index contributed by atoms with van der Waals surface area (Å²) in [6.07, 6.45) is 1.96. The van der Waals surface area contributed by atoms with Crippen LogP contribution in [0.15, 0.2) is 48.7 Å². The molecule has 0 amide bonds. The smallest absolute Gasteiger partial charge is 0.160 e.